The Bertz CT molecular complexity index is 572. The van der Waals surface area contributed by atoms with E-state index in [9.17, 15) is 0 Å². The van der Waals surface area contributed by atoms with Crippen molar-refractivity contribution in [3.8, 4) is 11.3 Å². The highest BCUT2D eigenvalue weighted by molar-refractivity contribution is 6.39. The van der Waals surface area contributed by atoms with Crippen LogP contribution in [-0.4, -0.2) is 28.7 Å². The van der Waals surface area contributed by atoms with Crippen LogP contribution in [0.1, 0.15) is 11.3 Å². The van der Waals surface area contributed by atoms with E-state index in [0.717, 1.165) is 30.8 Å². The molecule has 3 nitrogen and oxygen atoms in total. The second-order valence-corrected chi connectivity index (χ2v) is 5.43. The number of rotatable bonds is 1. The molecule has 5 heteroatoms. The van der Waals surface area contributed by atoms with Crippen molar-refractivity contribution in [2.24, 2.45) is 0 Å². The van der Waals surface area contributed by atoms with Gasteiger partial charge in [-0.2, -0.15) is 5.10 Å². The zero-order valence-corrected chi connectivity index (χ0v) is 11.5. The molecule has 0 unspecified atom stereocenters. The number of fused-ring (bicyclic) bond motifs is 1. The summed E-state index contributed by atoms with van der Waals surface area (Å²) in [6.07, 6.45) is 0.987. The van der Waals surface area contributed by atoms with Crippen LogP contribution in [0, 0.1) is 0 Å². The molecule has 18 heavy (non-hydrogen) atoms. The lowest BCUT2D eigenvalue weighted by Gasteiger charge is -2.22. The Balaban J connectivity index is 2.16. The average Bonchev–Trinajstić information content (AvgIpc) is 2.72. The Hall–Kier alpha value is -1.03. The van der Waals surface area contributed by atoms with Crippen LogP contribution in [0.3, 0.4) is 0 Å². The van der Waals surface area contributed by atoms with E-state index < -0.39 is 0 Å². The van der Waals surface area contributed by atoms with Crippen LogP contribution < -0.4 is 0 Å². The Morgan fingerprint density at radius 3 is 2.72 bits per heavy atom. The molecule has 0 aliphatic carbocycles. The van der Waals surface area contributed by atoms with Crippen molar-refractivity contribution in [1.82, 2.24) is 15.1 Å². The maximum Gasteiger partial charge on any atom is 0.0998 e. The zero-order chi connectivity index (χ0) is 12.7. The molecule has 0 spiro atoms. The monoisotopic (exact) mass is 281 g/mol. The lowest BCUT2D eigenvalue weighted by molar-refractivity contribution is 0.312. The Morgan fingerprint density at radius 1 is 1.28 bits per heavy atom. The first-order chi connectivity index (χ1) is 8.66. The van der Waals surface area contributed by atoms with Gasteiger partial charge in [-0.15, -0.1) is 0 Å². The van der Waals surface area contributed by atoms with E-state index in [4.69, 9.17) is 23.2 Å². The van der Waals surface area contributed by atoms with Crippen LogP contribution >= 0.6 is 23.2 Å². The highest BCUT2D eigenvalue weighted by Gasteiger charge is 2.23. The summed E-state index contributed by atoms with van der Waals surface area (Å²) in [5, 5.41) is 8.80. The van der Waals surface area contributed by atoms with E-state index >= 15 is 0 Å². The van der Waals surface area contributed by atoms with Gasteiger partial charge in [0.1, 0.15) is 0 Å². The molecule has 1 N–H and O–H groups in total. The Morgan fingerprint density at radius 2 is 2.00 bits per heavy atom. The topological polar surface area (TPSA) is 31.9 Å². The van der Waals surface area contributed by atoms with Gasteiger partial charge in [-0.25, -0.2) is 0 Å². The summed E-state index contributed by atoms with van der Waals surface area (Å²) in [7, 11) is 2.11. The zero-order valence-electron chi connectivity index (χ0n) is 10.0. The van der Waals surface area contributed by atoms with Gasteiger partial charge in [-0.3, -0.25) is 5.10 Å². The highest BCUT2D eigenvalue weighted by Crippen LogP contribution is 2.37. The number of nitrogens with zero attached hydrogens (tertiary/aromatic N) is 2. The largest absolute Gasteiger partial charge is 0.302 e. The number of nitrogens with one attached hydrogen (secondary N) is 1. The molecule has 1 aromatic carbocycles. The molecule has 0 fully saturated rings. The van der Waals surface area contributed by atoms with E-state index in [2.05, 4.69) is 22.1 Å². The summed E-state index contributed by atoms with van der Waals surface area (Å²) in [5.74, 6) is 0. The van der Waals surface area contributed by atoms with E-state index in [1.54, 1.807) is 0 Å². The maximum atomic E-state index is 6.25. The molecule has 2 heterocycles. The molecular weight excluding hydrogens is 269 g/mol. The molecule has 1 aliphatic heterocycles. The molecule has 0 radical (unpaired) electrons. The van der Waals surface area contributed by atoms with Crippen LogP contribution in [0.25, 0.3) is 11.3 Å². The van der Waals surface area contributed by atoms with Crippen molar-refractivity contribution in [2.45, 2.75) is 13.0 Å². The summed E-state index contributed by atoms with van der Waals surface area (Å²) >= 11 is 12.5. The van der Waals surface area contributed by atoms with Crippen LogP contribution in [0.5, 0.6) is 0 Å². The van der Waals surface area contributed by atoms with E-state index in [-0.39, 0.29) is 0 Å². The van der Waals surface area contributed by atoms with Crippen molar-refractivity contribution >= 4 is 23.2 Å². The molecule has 0 atom stereocenters. The van der Waals surface area contributed by atoms with Crippen LogP contribution in [0.4, 0.5) is 0 Å². The number of benzene rings is 1. The third-order valence-electron chi connectivity index (χ3n) is 3.32. The molecule has 3 rings (SSSR count). The van der Waals surface area contributed by atoms with Gasteiger partial charge in [-0.1, -0.05) is 29.3 Å². The molecule has 0 bridgehead atoms. The molecule has 1 aliphatic rings. The summed E-state index contributed by atoms with van der Waals surface area (Å²) in [4.78, 5) is 2.27. The fourth-order valence-electron chi connectivity index (χ4n) is 2.36. The second kappa shape index (κ2) is 4.57. The molecular formula is C13H13Cl2N3. The van der Waals surface area contributed by atoms with Crippen LogP contribution in [0.15, 0.2) is 18.2 Å². The Kier molecular flexibility index (Phi) is 3.06. The quantitative estimate of drug-likeness (QED) is 0.869. The first kappa shape index (κ1) is 12.0. The molecule has 0 amide bonds. The number of hydrogen-bond donors (Lipinski definition) is 1. The van der Waals surface area contributed by atoms with Crippen LogP contribution in [0.2, 0.25) is 10.0 Å². The van der Waals surface area contributed by atoms with E-state index in [0.29, 0.717) is 10.0 Å². The first-order valence-electron chi connectivity index (χ1n) is 5.86. The molecule has 94 valence electrons. The van der Waals surface area contributed by atoms with Gasteiger partial charge in [0.25, 0.3) is 0 Å². The lowest BCUT2D eigenvalue weighted by Crippen LogP contribution is -2.26. The van der Waals surface area contributed by atoms with Gasteiger partial charge in [0.05, 0.1) is 15.7 Å². The van der Waals surface area contributed by atoms with Crippen molar-refractivity contribution in [2.75, 3.05) is 13.6 Å². The molecule has 0 saturated carbocycles. The number of aromatic nitrogens is 2. The smallest absolute Gasteiger partial charge is 0.0998 e. The average molecular weight is 282 g/mol. The van der Waals surface area contributed by atoms with Gasteiger partial charge in [0.15, 0.2) is 0 Å². The predicted octanol–water partition coefficient (Wildman–Crippen LogP) is 3.37. The fraction of sp³-hybridized carbons (Fsp3) is 0.308. The number of likely N-dealkylation sites (N-methyl/N-ethyl adjacent to an activating group) is 1. The minimum atomic E-state index is 0.644. The van der Waals surface area contributed by atoms with E-state index in [1.807, 2.05) is 18.2 Å². The molecule has 2 aromatic rings. The minimum absolute atomic E-state index is 0.644. The second-order valence-electron chi connectivity index (χ2n) is 4.61. The van der Waals surface area contributed by atoms with Gasteiger partial charge in [0.2, 0.25) is 0 Å². The maximum absolute atomic E-state index is 6.25. The van der Waals surface area contributed by atoms with Gasteiger partial charge < -0.3 is 4.90 Å². The van der Waals surface area contributed by atoms with Crippen molar-refractivity contribution in [3.05, 3.63) is 39.5 Å². The number of halogens is 2. The molecule has 1 aromatic heterocycles. The lowest BCUT2D eigenvalue weighted by atomic mass is 10.0. The molecule has 0 saturated heterocycles. The third-order valence-corrected chi connectivity index (χ3v) is 3.95. The summed E-state index contributed by atoms with van der Waals surface area (Å²) in [5.41, 5.74) is 4.11. The SMILES string of the molecule is CN1CCc2[nH]nc(-c3c(Cl)cccc3Cl)c2C1. The van der Waals surface area contributed by atoms with Gasteiger partial charge in [0, 0.05) is 36.3 Å². The third kappa shape index (κ3) is 1.92. The predicted molar refractivity (Wildman–Crippen MR) is 74.1 cm³/mol. The van der Waals surface area contributed by atoms with Crippen molar-refractivity contribution in [3.63, 3.8) is 0 Å². The van der Waals surface area contributed by atoms with E-state index in [1.165, 1.54) is 11.3 Å². The summed E-state index contributed by atoms with van der Waals surface area (Å²) in [6, 6.07) is 5.53. The Labute approximate surface area is 116 Å². The number of H-pyrrole nitrogens is 1. The first-order valence-corrected chi connectivity index (χ1v) is 6.61. The van der Waals surface area contributed by atoms with Gasteiger partial charge >= 0.3 is 0 Å². The number of aromatic amines is 1. The minimum Gasteiger partial charge on any atom is -0.302 e. The standard InChI is InChI=1S/C13H13Cl2N3/c1-18-6-5-11-8(7-18)13(17-16-11)12-9(14)3-2-4-10(12)15/h2-4H,5-7H2,1H3,(H,16,17). The highest BCUT2D eigenvalue weighted by atomic mass is 35.5. The summed E-state index contributed by atoms with van der Waals surface area (Å²) in [6.45, 7) is 1.92. The van der Waals surface area contributed by atoms with Crippen molar-refractivity contribution in [1.29, 1.82) is 0 Å². The van der Waals surface area contributed by atoms with Gasteiger partial charge in [-0.05, 0) is 19.2 Å². The van der Waals surface area contributed by atoms with Crippen LogP contribution in [-0.2, 0) is 13.0 Å². The fourth-order valence-corrected chi connectivity index (χ4v) is 2.94. The normalized spacial score (nSPS) is 15.7. The number of hydrogen-bond acceptors (Lipinski definition) is 2. The summed E-state index contributed by atoms with van der Waals surface area (Å²) < 4.78 is 0. The van der Waals surface area contributed by atoms with Crippen molar-refractivity contribution < 1.29 is 0 Å².